The zero-order valence-corrected chi connectivity index (χ0v) is 6.41. The van der Waals surface area contributed by atoms with Gasteiger partial charge in [0.25, 0.3) is 0 Å². The smallest absolute Gasteiger partial charge is 0 e. The first-order valence-electron chi connectivity index (χ1n) is 1.40. The Morgan fingerprint density at radius 1 is 1.50 bits per heavy atom. The fourth-order valence-electron chi connectivity index (χ4n) is 0.196. The SMILES string of the molecule is [Zr].[c-]1cccs1. The van der Waals surface area contributed by atoms with Crippen LogP contribution in [-0.4, -0.2) is 0 Å². The molecule has 1 aromatic rings. The van der Waals surface area contributed by atoms with Crippen LogP contribution >= 0.6 is 11.3 Å². The van der Waals surface area contributed by atoms with Crippen LogP contribution < -0.4 is 0 Å². The molecule has 2 heteroatoms. The molecule has 0 fully saturated rings. The molecule has 0 N–H and O–H groups in total. The minimum absolute atomic E-state index is 0. The van der Waals surface area contributed by atoms with E-state index in [9.17, 15) is 0 Å². The van der Waals surface area contributed by atoms with Crippen LogP contribution in [0, 0.1) is 5.38 Å². The van der Waals surface area contributed by atoms with Gasteiger partial charge in [-0.25, -0.2) is 6.07 Å². The van der Waals surface area contributed by atoms with Crippen LogP contribution in [0.15, 0.2) is 17.5 Å². The molecule has 0 nitrogen and oxygen atoms in total. The van der Waals surface area contributed by atoms with Gasteiger partial charge < -0.3 is 11.3 Å². The van der Waals surface area contributed by atoms with Crippen molar-refractivity contribution in [3.05, 3.63) is 22.9 Å². The number of thiophene rings is 1. The van der Waals surface area contributed by atoms with E-state index in [0.29, 0.717) is 0 Å². The second-order valence-corrected chi connectivity index (χ2v) is 1.47. The summed E-state index contributed by atoms with van der Waals surface area (Å²) in [7, 11) is 0. The molecule has 1 aromatic heterocycles. The monoisotopic (exact) mass is 173 g/mol. The molecular weight excluding hydrogens is 171 g/mol. The molecule has 0 saturated heterocycles. The minimum atomic E-state index is 0. The third-order valence-corrected chi connectivity index (χ3v) is 0.944. The average molecular weight is 174 g/mol. The Labute approximate surface area is 60.3 Å². The van der Waals surface area contributed by atoms with Gasteiger partial charge in [-0.15, -0.1) is 5.38 Å². The Morgan fingerprint density at radius 2 is 2.33 bits per heavy atom. The van der Waals surface area contributed by atoms with Gasteiger partial charge in [0.1, 0.15) is 0 Å². The molecule has 0 bridgehead atoms. The van der Waals surface area contributed by atoms with E-state index in [-0.39, 0.29) is 26.2 Å². The van der Waals surface area contributed by atoms with Crippen molar-refractivity contribution in [2.24, 2.45) is 0 Å². The van der Waals surface area contributed by atoms with E-state index in [1.807, 2.05) is 17.5 Å². The van der Waals surface area contributed by atoms with Crippen molar-refractivity contribution in [3.63, 3.8) is 0 Å². The zero-order chi connectivity index (χ0) is 3.54. The maximum absolute atomic E-state index is 2.90. The van der Waals surface area contributed by atoms with Crippen LogP contribution in [0.25, 0.3) is 0 Å². The predicted molar refractivity (Wildman–Crippen MR) is 23.2 cm³/mol. The first-order valence-corrected chi connectivity index (χ1v) is 2.27. The van der Waals surface area contributed by atoms with Crippen molar-refractivity contribution in [1.29, 1.82) is 0 Å². The van der Waals surface area contributed by atoms with Gasteiger partial charge in [0.15, 0.2) is 0 Å². The van der Waals surface area contributed by atoms with E-state index in [4.69, 9.17) is 0 Å². The van der Waals surface area contributed by atoms with Crippen LogP contribution in [-0.2, 0) is 26.2 Å². The molecule has 0 aromatic carbocycles. The number of hydrogen-bond donors (Lipinski definition) is 0. The molecule has 0 unspecified atom stereocenters. The molecule has 0 aliphatic heterocycles. The van der Waals surface area contributed by atoms with Crippen molar-refractivity contribution in [1.82, 2.24) is 0 Å². The summed E-state index contributed by atoms with van der Waals surface area (Å²) in [6.07, 6.45) is 0. The van der Waals surface area contributed by atoms with Gasteiger partial charge in [0.2, 0.25) is 0 Å². The summed E-state index contributed by atoms with van der Waals surface area (Å²) in [6, 6.07) is 3.86. The van der Waals surface area contributed by atoms with E-state index >= 15 is 0 Å². The summed E-state index contributed by atoms with van der Waals surface area (Å²) in [5.74, 6) is 0. The maximum Gasteiger partial charge on any atom is 0 e. The normalized spacial score (nSPS) is 6.67. The van der Waals surface area contributed by atoms with Crippen molar-refractivity contribution in [2.45, 2.75) is 0 Å². The van der Waals surface area contributed by atoms with Crippen LogP contribution in [0.4, 0.5) is 0 Å². The fraction of sp³-hybridized carbons (Fsp3) is 0. The molecule has 1 rings (SSSR count). The van der Waals surface area contributed by atoms with Gasteiger partial charge in [0.05, 0.1) is 0 Å². The first kappa shape index (κ1) is 6.58. The van der Waals surface area contributed by atoms with Gasteiger partial charge in [-0.2, -0.15) is 11.4 Å². The molecule has 1 heterocycles. The van der Waals surface area contributed by atoms with E-state index in [2.05, 4.69) is 5.38 Å². The summed E-state index contributed by atoms with van der Waals surface area (Å²) in [4.78, 5) is 0. The first-order chi connectivity index (χ1) is 2.50. The molecule has 0 aliphatic rings. The molecule has 0 amide bonds. The van der Waals surface area contributed by atoms with E-state index in [1.165, 1.54) is 0 Å². The van der Waals surface area contributed by atoms with Crippen molar-refractivity contribution in [2.75, 3.05) is 0 Å². The molecule has 0 saturated carbocycles. The molecule has 0 aliphatic carbocycles. The zero-order valence-electron chi connectivity index (χ0n) is 3.14. The Kier molecular flexibility index (Phi) is 4.13. The Morgan fingerprint density at radius 3 is 2.50 bits per heavy atom. The number of hydrogen-bond acceptors (Lipinski definition) is 1. The average Bonchev–Trinajstić information content (AvgIpc) is 1.76. The molecule has 0 spiro atoms. The van der Waals surface area contributed by atoms with Crippen LogP contribution in [0.2, 0.25) is 0 Å². The predicted octanol–water partition coefficient (Wildman–Crippen LogP) is 1.55. The summed E-state index contributed by atoms with van der Waals surface area (Å²) < 4.78 is 0. The standard InChI is InChI=1S/C4H3S.Zr/c1-2-4-5-3-1;/h1-3H;/q-1;. The van der Waals surface area contributed by atoms with Gasteiger partial charge in [-0.1, -0.05) is 0 Å². The summed E-state index contributed by atoms with van der Waals surface area (Å²) in [5.41, 5.74) is 0. The fourth-order valence-corrected chi connectivity index (χ4v) is 0.589. The van der Waals surface area contributed by atoms with Gasteiger partial charge in [-0.3, -0.25) is 0 Å². The van der Waals surface area contributed by atoms with Crippen molar-refractivity contribution >= 4 is 11.3 Å². The third kappa shape index (κ3) is 1.89. The van der Waals surface area contributed by atoms with Crippen LogP contribution in [0.1, 0.15) is 0 Å². The summed E-state index contributed by atoms with van der Waals surface area (Å²) >= 11 is 1.59. The summed E-state index contributed by atoms with van der Waals surface area (Å²) in [5, 5.41) is 4.89. The van der Waals surface area contributed by atoms with Crippen molar-refractivity contribution < 1.29 is 26.2 Å². The van der Waals surface area contributed by atoms with E-state index in [0.717, 1.165) is 0 Å². The molecule has 0 radical (unpaired) electrons. The Bertz CT molecular complexity index is 64.0. The molecular formula is C4H3SZr-. The van der Waals surface area contributed by atoms with Gasteiger partial charge >= 0.3 is 0 Å². The minimum Gasteiger partial charge on any atom is -0.304 e. The molecule has 30 valence electrons. The van der Waals surface area contributed by atoms with Gasteiger partial charge in [0, 0.05) is 26.2 Å². The van der Waals surface area contributed by atoms with Crippen molar-refractivity contribution in [3.8, 4) is 0 Å². The second kappa shape index (κ2) is 3.76. The quantitative estimate of drug-likeness (QED) is 0.524. The van der Waals surface area contributed by atoms with E-state index in [1.54, 1.807) is 11.3 Å². The topological polar surface area (TPSA) is 0 Å². The third-order valence-electron chi connectivity index (χ3n) is 0.379. The van der Waals surface area contributed by atoms with Gasteiger partial charge in [-0.05, 0) is 0 Å². The molecule has 6 heavy (non-hydrogen) atoms. The second-order valence-electron chi connectivity index (χ2n) is 0.731. The summed E-state index contributed by atoms with van der Waals surface area (Å²) in [6.45, 7) is 0. The Balaban J connectivity index is 0.000000250. The largest absolute Gasteiger partial charge is 0.304 e. The van der Waals surface area contributed by atoms with Crippen LogP contribution in [0.3, 0.4) is 0 Å². The van der Waals surface area contributed by atoms with E-state index < -0.39 is 0 Å². The Hall–Kier alpha value is 0.583. The molecule has 0 atom stereocenters. The van der Waals surface area contributed by atoms with Crippen LogP contribution in [0.5, 0.6) is 0 Å². The number of rotatable bonds is 0. The maximum atomic E-state index is 2.90.